The van der Waals surface area contributed by atoms with Gasteiger partial charge in [-0.1, -0.05) is 0 Å². The zero-order valence-corrected chi connectivity index (χ0v) is 16.7. The lowest BCUT2D eigenvalue weighted by molar-refractivity contribution is 0.0474. The van der Waals surface area contributed by atoms with E-state index in [9.17, 15) is 19.2 Å². The Morgan fingerprint density at radius 2 is 1.57 bits per heavy atom. The van der Waals surface area contributed by atoms with Crippen molar-refractivity contribution in [3.8, 4) is 5.75 Å². The zero-order valence-electron chi connectivity index (χ0n) is 16.7. The number of hydrogen-bond donors (Lipinski definition) is 0. The third-order valence-electron chi connectivity index (χ3n) is 4.68. The molecule has 2 aromatic rings. The molecule has 156 valence electrons. The molecule has 0 saturated heterocycles. The number of Topliss-reactive ketones (excluding diaryl/α,β-unsaturated/α-hetero) is 1. The van der Waals surface area contributed by atoms with E-state index in [1.807, 2.05) is 0 Å². The van der Waals surface area contributed by atoms with E-state index >= 15 is 0 Å². The van der Waals surface area contributed by atoms with Crippen molar-refractivity contribution in [2.24, 2.45) is 0 Å². The highest BCUT2D eigenvalue weighted by Gasteiger charge is 2.35. The fraction of sp³-hybridized carbons (Fsp3) is 0.273. The van der Waals surface area contributed by atoms with Crippen LogP contribution in [0.1, 0.15) is 47.9 Å². The minimum atomic E-state index is -0.752. The van der Waals surface area contributed by atoms with Gasteiger partial charge in [-0.2, -0.15) is 0 Å². The molecule has 0 aliphatic carbocycles. The number of ether oxygens (including phenoxy) is 3. The average Bonchev–Trinajstić information content (AvgIpc) is 3.01. The van der Waals surface area contributed by atoms with Crippen LogP contribution in [0.2, 0.25) is 0 Å². The molecule has 0 fully saturated rings. The lowest BCUT2D eigenvalue weighted by Crippen LogP contribution is -2.31. The van der Waals surface area contributed by atoms with Gasteiger partial charge in [0.1, 0.15) is 5.75 Å². The SMILES string of the molecule is COCCCN1C(=O)c2ccc(C(=O)OCC(=O)c3ccc(OC)cc3)cc2C1=O. The Hall–Kier alpha value is -3.52. The van der Waals surface area contributed by atoms with Crippen molar-refractivity contribution in [3.63, 3.8) is 0 Å². The number of nitrogens with zero attached hydrogens (tertiary/aromatic N) is 1. The van der Waals surface area contributed by atoms with Gasteiger partial charge >= 0.3 is 5.97 Å². The second-order valence-electron chi connectivity index (χ2n) is 6.60. The number of rotatable bonds is 9. The van der Waals surface area contributed by atoms with Crippen molar-refractivity contribution in [2.75, 3.05) is 34.0 Å². The van der Waals surface area contributed by atoms with Crippen LogP contribution >= 0.6 is 0 Å². The first-order chi connectivity index (χ1) is 14.5. The molecule has 0 aromatic heterocycles. The Labute approximate surface area is 173 Å². The molecule has 30 heavy (non-hydrogen) atoms. The molecule has 2 amide bonds. The van der Waals surface area contributed by atoms with E-state index in [0.717, 1.165) is 4.90 Å². The smallest absolute Gasteiger partial charge is 0.338 e. The van der Waals surface area contributed by atoms with Gasteiger partial charge in [0.05, 0.1) is 23.8 Å². The van der Waals surface area contributed by atoms with Crippen molar-refractivity contribution in [2.45, 2.75) is 6.42 Å². The maximum Gasteiger partial charge on any atom is 0.338 e. The van der Waals surface area contributed by atoms with Gasteiger partial charge in [0.15, 0.2) is 12.4 Å². The molecule has 0 bridgehead atoms. The van der Waals surface area contributed by atoms with Gasteiger partial charge in [-0.3, -0.25) is 19.3 Å². The summed E-state index contributed by atoms with van der Waals surface area (Å²) >= 11 is 0. The summed E-state index contributed by atoms with van der Waals surface area (Å²) in [4.78, 5) is 50.6. The highest BCUT2D eigenvalue weighted by atomic mass is 16.5. The van der Waals surface area contributed by atoms with E-state index in [-0.39, 0.29) is 29.0 Å². The second-order valence-corrected chi connectivity index (χ2v) is 6.60. The van der Waals surface area contributed by atoms with Crippen LogP contribution in [0.4, 0.5) is 0 Å². The maximum atomic E-state index is 12.5. The molecule has 0 radical (unpaired) electrons. The molecule has 0 unspecified atom stereocenters. The summed E-state index contributed by atoms with van der Waals surface area (Å²) in [6.45, 7) is 0.210. The van der Waals surface area contributed by atoms with Crippen LogP contribution in [-0.2, 0) is 9.47 Å². The largest absolute Gasteiger partial charge is 0.497 e. The highest BCUT2D eigenvalue weighted by Crippen LogP contribution is 2.24. The Kier molecular flexibility index (Phi) is 6.58. The summed E-state index contributed by atoms with van der Waals surface area (Å²) in [6.07, 6.45) is 0.518. The van der Waals surface area contributed by atoms with Crippen LogP contribution in [0.3, 0.4) is 0 Å². The van der Waals surface area contributed by atoms with Crippen LogP contribution in [0.25, 0.3) is 0 Å². The predicted octanol–water partition coefficient (Wildman–Crippen LogP) is 2.37. The standard InChI is InChI=1S/C22H21NO7/c1-28-11-3-10-23-20(25)17-9-6-15(12-18(17)21(23)26)22(27)30-13-19(24)14-4-7-16(29-2)8-5-14/h4-9,12H,3,10-11,13H2,1-2H3. The topological polar surface area (TPSA) is 99.2 Å². The van der Waals surface area contributed by atoms with Crippen LogP contribution in [-0.4, -0.2) is 62.4 Å². The van der Waals surface area contributed by atoms with Gasteiger partial charge in [-0.25, -0.2) is 4.79 Å². The Morgan fingerprint density at radius 1 is 0.900 bits per heavy atom. The summed E-state index contributed by atoms with van der Waals surface area (Å²) in [5.41, 5.74) is 0.859. The molecule has 3 rings (SSSR count). The summed E-state index contributed by atoms with van der Waals surface area (Å²) in [6, 6.07) is 10.6. The van der Waals surface area contributed by atoms with E-state index in [2.05, 4.69) is 0 Å². The Bertz CT molecular complexity index is 981. The van der Waals surface area contributed by atoms with Crippen LogP contribution < -0.4 is 4.74 Å². The number of benzene rings is 2. The summed E-state index contributed by atoms with van der Waals surface area (Å²) < 4.78 is 15.1. The number of esters is 1. The fourth-order valence-electron chi connectivity index (χ4n) is 3.06. The first-order valence-corrected chi connectivity index (χ1v) is 9.29. The number of amides is 2. The predicted molar refractivity (Wildman–Crippen MR) is 106 cm³/mol. The maximum absolute atomic E-state index is 12.5. The molecule has 1 heterocycles. The third-order valence-corrected chi connectivity index (χ3v) is 4.68. The number of ketones is 1. The molecule has 0 atom stereocenters. The van der Waals surface area contributed by atoms with Crippen molar-refractivity contribution in [1.82, 2.24) is 4.90 Å². The lowest BCUT2D eigenvalue weighted by Gasteiger charge is -2.12. The number of carbonyl (C=O) groups is 4. The molecule has 2 aromatic carbocycles. The number of imide groups is 1. The average molecular weight is 411 g/mol. The molecule has 8 heteroatoms. The first-order valence-electron chi connectivity index (χ1n) is 9.29. The van der Waals surface area contributed by atoms with E-state index in [4.69, 9.17) is 14.2 Å². The summed E-state index contributed by atoms with van der Waals surface area (Å²) in [5.74, 6) is -1.38. The van der Waals surface area contributed by atoms with Gasteiger partial charge in [-0.05, 0) is 48.9 Å². The van der Waals surface area contributed by atoms with Crippen molar-refractivity contribution in [1.29, 1.82) is 0 Å². The van der Waals surface area contributed by atoms with Gasteiger partial charge in [0, 0.05) is 25.8 Å². The Morgan fingerprint density at radius 3 is 2.23 bits per heavy atom. The van der Waals surface area contributed by atoms with E-state index < -0.39 is 24.4 Å². The molecule has 1 aliphatic rings. The minimum absolute atomic E-state index is 0.0937. The number of fused-ring (bicyclic) bond motifs is 1. The van der Waals surface area contributed by atoms with Crippen LogP contribution in [0, 0.1) is 0 Å². The fourth-order valence-corrected chi connectivity index (χ4v) is 3.06. The first kappa shape index (κ1) is 21.2. The van der Waals surface area contributed by atoms with Gasteiger partial charge in [0.25, 0.3) is 11.8 Å². The molecule has 0 saturated carbocycles. The number of hydrogen-bond acceptors (Lipinski definition) is 7. The quantitative estimate of drug-likeness (QED) is 0.270. The minimum Gasteiger partial charge on any atom is -0.497 e. The normalized spacial score (nSPS) is 12.7. The summed E-state index contributed by atoms with van der Waals surface area (Å²) in [7, 11) is 3.06. The van der Waals surface area contributed by atoms with Crippen LogP contribution in [0.15, 0.2) is 42.5 Å². The third kappa shape index (κ3) is 4.38. The van der Waals surface area contributed by atoms with Crippen molar-refractivity contribution >= 4 is 23.6 Å². The molecule has 8 nitrogen and oxygen atoms in total. The number of methoxy groups -OCH3 is 2. The Balaban J connectivity index is 1.65. The van der Waals surface area contributed by atoms with E-state index in [1.54, 1.807) is 31.4 Å². The molecule has 0 spiro atoms. The van der Waals surface area contributed by atoms with Crippen molar-refractivity contribution < 1.29 is 33.4 Å². The van der Waals surface area contributed by atoms with Gasteiger partial charge in [0.2, 0.25) is 0 Å². The highest BCUT2D eigenvalue weighted by molar-refractivity contribution is 6.22. The lowest BCUT2D eigenvalue weighted by atomic mass is 10.1. The molecular formula is C22H21NO7. The molecule has 0 N–H and O–H groups in total. The molecular weight excluding hydrogens is 390 g/mol. The van der Waals surface area contributed by atoms with E-state index in [0.29, 0.717) is 24.3 Å². The van der Waals surface area contributed by atoms with E-state index in [1.165, 1.54) is 25.3 Å². The van der Waals surface area contributed by atoms with Gasteiger partial charge < -0.3 is 14.2 Å². The van der Waals surface area contributed by atoms with Gasteiger partial charge in [-0.15, -0.1) is 0 Å². The monoisotopic (exact) mass is 411 g/mol. The summed E-state index contributed by atoms with van der Waals surface area (Å²) in [5, 5.41) is 0. The second kappa shape index (κ2) is 9.32. The zero-order chi connectivity index (χ0) is 21.7. The molecule has 1 aliphatic heterocycles. The van der Waals surface area contributed by atoms with Crippen LogP contribution in [0.5, 0.6) is 5.75 Å². The van der Waals surface area contributed by atoms with Crippen molar-refractivity contribution in [3.05, 3.63) is 64.7 Å². The number of carbonyl (C=O) groups excluding carboxylic acids is 4.